The average molecular weight is 415 g/mol. The number of hydrazone groups is 1. The Kier molecular flexibility index (Phi) is 6.19. The highest BCUT2D eigenvalue weighted by Crippen LogP contribution is 2.29. The topological polar surface area (TPSA) is 50.7 Å². The molecule has 2 rings (SSSR count). The van der Waals surface area contributed by atoms with Crippen LogP contribution in [0.2, 0.25) is 0 Å². The van der Waals surface area contributed by atoms with Crippen LogP contribution in [0, 0.1) is 6.92 Å². The summed E-state index contributed by atoms with van der Waals surface area (Å²) in [5.41, 5.74) is 2.50. The summed E-state index contributed by atoms with van der Waals surface area (Å²) in [5.74, 6) is 0.0331. The monoisotopic (exact) mass is 414 g/mol. The highest BCUT2D eigenvalue weighted by atomic mass is 79.9. The van der Waals surface area contributed by atoms with E-state index in [9.17, 15) is 18.0 Å². The number of carbonyl (C=O) groups excluding carboxylic acids is 1. The molecule has 132 valence electrons. The van der Waals surface area contributed by atoms with Crippen LogP contribution in [0.3, 0.4) is 0 Å². The van der Waals surface area contributed by atoms with Crippen LogP contribution in [0.15, 0.2) is 52.0 Å². The first-order valence-electron chi connectivity index (χ1n) is 7.14. The van der Waals surface area contributed by atoms with Gasteiger partial charge in [0.25, 0.3) is 5.91 Å². The number of aryl methyl sites for hydroxylation is 1. The molecule has 0 saturated heterocycles. The van der Waals surface area contributed by atoms with Crippen LogP contribution in [0.4, 0.5) is 13.2 Å². The number of amides is 1. The summed E-state index contributed by atoms with van der Waals surface area (Å²) in [6.45, 7) is 1.58. The predicted molar refractivity (Wildman–Crippen MR) is 91.6 cm³/mol. The third-order valence-electron chi connectivity index (χ3n) is 3.11. The summed E-state index contributed by atoms with van der Waals surface area (Å²) in [7, 11) is 0. The molecular weight excluding hydrogens is 401 g/mol. The minimum absolute atomic E-state index is 0.222. The summed E-state index contributed by atoms with van der Waals surface area (Å²) in [5, 5.41) is 3.63. The van der Waals surface area contributed by atoms with E-state index in [0.717, 1.165) is 28.4 Å². The zero-order valence-corrected chi connectivity index (χ0v) is 14.7. The number of carbonyl (C=O) groups is 1. The van der Waals surface area contributed by atoms with E-state index in [-0.39, 0.29) is 12.2 Å². The number of hydrogen-bond donors (Lipinski definition) is 1. The van der Waals surface area contributed by atoms with Gasteiger partial charge in [0.1, 0.15) is 5.75 Å². The average Bonchev–Trinajstić information content (AvgIpc) is 2.53. The number of alkyl halides is 3. The minimum atomic E-state index is -4.43. The van der Waals surface area contributed by atoms with Crippen molar-refractivity contribution >= 4 is 28.1 Å². The summed E-state index contributed by atoms with van der Waals surface area (Å²) >= 11 is 3.33. The molecule has 0 aliphatic carbocycles. The third kappa shape index (κ3) is 5.90. The normalized spacial score (nSPS) is 11.6. The Morgan fingerprint density at radius 3 is 2.72 bits per heavy atom. The molecule has 0 aliphatic rings. The van der Waals surface area contributed by atoms with Crippen LogP contribution in [-0.2, 0) is 11.0 Å². The maximum absolute atomic E-state index is 12.6. The van der Waals surface area contributed by atoms with Crippen molar-refractivity contribution in [1.82, 2.24) is 5.43 Å². The van der Waals surface area contributed by atoms with Gasteiger partial charge in [-0.1, -0.05) is 28.1 Å². The van der Waals surface area contributed by atoms with Gasteiger partial charge >= 0.3 is 6.18 Å². The highest BCUT2D eigenvalue weighted by molar-refractivity contribution is 9.10. The van der Waals surface area contributed by atoms with Gasteiger partial charge in [0.15, 0.2) is 6.61 Å². The van der Waals surface area contributed by atoms with Gasteiger partial charge in [0.2, 0.25) is 0 Å². The van der Waals surface area contributed by atoms with Crippen molar-refractivity contribution in [2.75, 3.05) is 6.61 Å². The van der Waals surface area contributed by atoms with E-state index in [1.807, 2.05) is 13.0 Å². The Morgan fingerprint density at radius 2 is 2.04 bits per heavy atom. The molecule has 0 heterocycles. The van der Waals surface area contributed by atoms with Crippen molar-refractivity contribution in [3.8, 4) is 5.75 Å². The quantitative estimate of drug-likeness (QED) is 0.585. The Labute approximate surface area is 150 Å². The number of ether oxygens (including phenoxy) is 1. The van der Waals surface area contributed by atoms with E-state index in [1.54, 1.807) is 12.1 Å². The van der Waals surface area contributed by atoms with Crippen molar-refractivity contribution in [2.24, 2.45) is 5.10 Å². The maximum atomic E-state index is 12.6. The molecule has 8 heteroatoms. The number of benzene rings is 2. The summed E-state index contributed by atoms with van der Waals surface area (Å²) in [6.07, 6.45) is -3.29. The number of nitrogens with one attached hydrogen (secondary N) is 1. The van der Waals surface area contributed by atoms with Crippen molar-refractivity contribution in [3.63, 3.8) is 0 Å². The van der Waals surface area contributed by atoms with Crippen molar-refractivity contribution < 1.29 is 22.7 Å². The molecule has 25 heavy (non-hydrogen) atoms. The van der Waals surface area contributed by atoms with Gasteiger partial charge in [-0.05, 0) is 48.4 Å². The number of hydrogen-bond acceptors (Lipinski definition) is 3. The highest BCUT2D eigenvalue weighted by Gasteiger charge is 2.30. The molecule has 0 bridgehead atoms. The summed E-state index contributed by atoms with van der Waals surface area (Å²) < 4.78 is 44.1. The second-order valence-corrected chi connectivity index (χ2v) is 6.03. The molecular formula is C17H14BrF3N2O2. The summed E-state index contributed by atoms with van der Waals surface area (Å²) in [4.78, 5) is 11.7. The Hall–Kier alpha value is -2.35. The van der Waals surface area contributed by atoms with Gasteiger partial charge in [0, 0.05) is 4.47 Å². The zero-order chi connectivity index (χ0) is 18.4. The Bertz CT molecular complexity index is 792. The van der Waals surface area contributed by atoms with E-state index in [2.05, 4.69) is 26.5 Å². The van der Waals surface area contributed by atoms with Gasteiger partial charge in [-0.25, -0.2) is 5.43 Å². The Balaban J connectivity index is 1.88. The SMILES string of the molecule is Cc1cc(Br)ccc1OCC(=O)N/N=C/c1cccc(C(F)(F)F)c1. The molecule has 0 saturated carbocycles. The summed E-state index contributed by atoms with van der Waals surface area (Å²) in [6, 6.07) is 9.98. The van der Waals surface area contributed by atoms with Gasteiger partial charge in [-0.3, -0.25) is 4.79 Å². The fraction of sp³-hybridized carbons (Fsp3) is 0.176. The van der Waals surface area contributed by atoms with Crippen LogP contribution in [0.5, 0.6) is 5.75 Å². The molecule has 0 radical (unpaired) electrons. The molecule has 4 nitrogen and oxygen atoms in total. The molecule has 0 aromatic heterocycles. The molecule has 2 aromatic rings. The van der Waals surface area contributed by atoms with Crippen LogP contribution >= 0.6 is 15.9 Å². The molecule has 1 amide bonds. The first-order chi connectivity index (χ1) is 11.8. The lowest BCUT2D eigenvalue weighted by Gasteiger charge is -2.08. The maximum Gasteiger partial charge on any atom is 0.416 e. The van der Waals surface area contributed by atoms with E-state index in [0.29, 0.717) is 5.75 Å². The predicted octanol–water partition coefficient (Wildman–Crippen LogP) is 4.31. The number of halogens is 4. The fourth-order valence-corrected chi connectivity index (χ4v) is 2.40. The molecule has 0 fully saturated rings. The first-order valence-corrected chi connectivity index (χ1v) is 7.93. The molecule has 2 aromatic carbocycles. The smallest absolute Gasteiger partial charge is 0.416 e. The Morgan fingerprint density at radius 1 is 1.28 bits per heavy atom. The lowest BCUT2D eigenvalue weighted by atomic mass is 10.1. The fourth-order valence-electron chi connectivity index (χ4n) is 1.92. The number of nitrogens with zero attached hydrogens (tertiary/aromatic N) is 1. The second kappa shape index (κ2) is 8.15. The largest absolute Gasteiger partial charge is 0.483 e. The molecule has 0 unspecified atom stereocenters. The molecule has 0 spiro atoms. The van der Waals surface area contributed by atoms with E-state index in [1.165, 1.54) is 12.1 Å². The van der Waals surface area contributed by atoms with Gasteiger partial charge in [-0.2, -0.15) is 18.3 Å². The second-order valence-electron chi connectivity index (χ2n) is 5.11. The molecule has 0 atom stereocenters. The van der Waals surface area contributed by atoms with Crippen LogP contribution in [0.25, 0.3) is 0 Å². The van der Waals surface area contributed by atoms with Crippen LogP contribution in [-0.4, -0.2) is 18.7 Å². The van der Waals surface area contributed by atoms with Gasteiger partial charge in [0.05, 0.1) is 11.8 Å². The van der Waals surface area contributed by atoms with Crippen molar-refractivity contribution in [1.29, 1.82) is 0 Å². The van der Waals surface area contributed by atoms with Crippen LogP contribution < -0.4 is 10.2 Å². The lowest BCUT2D eigenvalue weighted by molar-refractivity contribution is -0.137. The van der Waals surface area contributed by atoms with E-state index >= 15 is 0 Å². The lowest BCUT2D eigenvalue weighted by Crippen LogP contribution is -2.24. The van der Waals surface area contributed by atoms with Crippen LogP contribution in [0.1, 0.15) is 16.7 Å². The standard InChI is InChI=1S/C17H14BrF3N2O2/c1-11-7-14(18)5-6-15(11)25-10-16(24)23-22-9-12-3-2-4-13(8-12)17(19,20)21/h2-9H,10H2,1H3,(H,23,24)/b22-9+. The van der Waals surface area contributed by atoms with Gasteiger partial charge in [-0.15, -0.1) is 0 Å². The third-order valence-corrected chi connectivity index (χ3v) is 3.61. The van der Waals surface area contributed by atoms with Crippen molar-refractivity contribution in [2.45, 2.75) is 13.1 Å². The number of rotatable bonds is 5. The van der Waals surface area contributed by atoms with E-state index < -0.39 is 17.6 Å². The molecule has 1 N–H and O–H groups in total. The zero-order valence-electron chi connectivity index (χ0n) is 13.1. The molecule has 0 aliphatic heterocycles. The first kappa shape index (κ1) is 19.0. The van der Waals surface area contributed by atoms with Gasteiger partial charge < -0.3 is 4.74 Å². The van der Waals surface area contributed by atoms with E-state index in [4.69, 9.17) is 4.74 Å². The van der Waals surface area contributed by atoms with Crippen molar-refractivity contribution in [3.05, 3.63) is 63.6 Å². The minimum Gasteiger partial charge on any atom is -0.483 e.